The molecule has 160 valence electrons. The number of allylic oxidation sites excluding steroid dienone is 2. The van der Waals surface area contributed by atoms with Gasteiger partial charge in [-0.1, -0.05) is 79.6 Å². The molecule has 0 spiro atoms. The summed E-state index contributed by atoms with van der Waals surface area (Å²) in [6, 6.07) is 17.9. The van der Waals surface area contributed by atoms with Crippen molar-refractivity contribution in [1.29, 1.82) is 0 Å². The molecule has 0 heterocycles. The maximum Gasteiger partial charge on any atom is 0.0721 e. The Hall–Kier alpha value is -2.12. The third-order valence-corrected chi connectivity index (χ3v) is 6.51. The van der Waals surface area contributed by atoms with E-state index in [4.69, 9.17) is 4.74 Å². The number of aryl methyl sites for hydroxylation is 1. The standard InChI is InChI=1S/C29H38O/c1-3-5-22-30-23-27-16-20-29(21-17-27)28-18-14-26(15-19-28)9-7-6-8-25-12-10-24(4-2)11-13-25/h3-5,14-21,24-25H,2,6-13,22-23H2,1H3/b5-3+/t24-,25-. The van der Waals surface area contributed by atoms with Gasteiger partial charge in [0.1, 0.15) is 0 Å². The molecule has 0 aliphatic heterocycles. The Morgan fingerprint density at radius 3 is 2.10 bits per heavy atom. The zero-order valence-corrected chi connectivity index (χ0v) is 18.7. The second kappa shape index (κ2) is 12.5. The van der Waals surface area contributed by atoms with Crippen LogP contribution < -0.4 is 0 Å². The first kappa shape index (κ1) is 22.6. The Labute approximate surface area is 183 Å². The molecule has 2 aromatic carbocycles. The number of ether oxygens (including phenoxy) is 1. The van der Waals surface area contributed by atoms with E-state index in [-0.39, 0.29) is 0 Å². The van der Waals surface area contributed by atoms with E-state index in [0.717, 1.165) is 11.8 Å². The summed E-state index contributed by atoms with van der Waals surface area (Å²) in [5.74, 6) is 1.74. The van der Waals surface area contributed by atoms with E-state index in [0.29, 0.717) is 13.2 Å². The Kier molecular flexibility index (Phi) is 9.44. The second-order valence-electron chi connectivity index (χ2n) is 8.74. The highest BCUT2D eigenvalue weighted by molar-refractivity contribution is 5.63. The second-order valence-corrected chi connectivity index (χ2v) is 8.74. The van der Waals surface area contributed by atoms with Gasteiger partial charge in [0.25, 0.3) is 0 Å². The van der Waals surface area contributed by atoms with Gasteiger partial charge in [-0.25, -0.2) is 0 Å². The lowest BCUT2D eigenvalue weighted by Crippen LogP contribution is -2.12. The Balaban J connectivity index is 1.38. The molecule has 1 nitrogen and oxygen atoms in total. The molecule has 0 saturated heterocycles. The fraction of sp³-hybridized carbons (Fsp3) is 0.448. The minimum Gasteiger partial charge on any atom is -0.373 e. The minimum absolute atomic E-state index is 0.666. The Bertz CT molecular complexity index is 761. The highest BCUT2D eigenvalue weighted by atomic mass is 16.5. The van der Waals surface area contributed by atoms with Crippen molar-refractivity contribution >= 4 is 0 Å². The summed E-state index contributed by atoms with van der Waals surface area (Å²) in [5, 5.41) is 0. The maximum atomic E-state index is 5.63. The largest absolute Gasteiger partial charge is 0.373 e. The molecule has 0 bridgehead atoms. The van der Waals surface area contributed by atoms with E-state index < -0.39 is 0 Å². The van der Waals surface area contributed by atoms with Crippen LogP contribution in [0.4, 0.5) is 0 Å². The molecule has 0 atom stereocenters. The first-order valence-corrected chi connectivity index (χ1v) is 11.8. The lowest BCUT2D eigenvalue weighted by atomic mass is 9.80. The lowest BCUT2D eigenvalue weighted by molar-refractivity contribution is 0.148. The van der Waals surface area contributed by atoms with Crippen molar-refractivity contribution in [1.82, 2.24) is 0 Å². The normalized spacial score (nSPS) is 19.2. The molecule has 1 aliphatic carbocycles. The van der Waals surface area contributed by atoms with E-state index >= 15 is 0 Å². The van der Waals surface area contributed by atoms with Gasteiger partial charge in [0.2, 0.25) is 0 Å². The minimum atomic E-state index is 0.666. The van der Waals surface area contributed by atoms with Crippen molar-refractivity contribution in [2.45, 2.75) is 64.9 Å². The predicted molar refractivity (Wildman–Crippen MR) is 130 cm³/mol. The van der Waals surface area contributed by atoms with Crippen molar-refractivity contribution in [3.05, 3.63) is 84.5 Å². The van der Waals surface area contributed by atoms with Crippen molar-refractivity contribution in [3.63, 3.8) is 0 Å². The van der Waals surface area contributed by atoms with E-state index in [9.17, 15) is 0 Å². The van der Waals surface area contributed by atoms with Crippen LogP contribution in [0, 0.1) is 11.8 Å². The molecule has 3 rings (SSSR count). The average molecular weight is 403 g/mol. The zero-order chi connectivity index (χ0) is 21.0. The summed E-state index contributed by atoms with van der Waals surface area (Å²) in [4.78, 5) is 0. The van der Waals surface area contributed by atoms with Gasteiger partial charge in [0, 0.05) is 0 Å². The third kappa shape index (κ3) is 7.29. The average Bonchev–Trinajstić information content (AvgIpc) is 2.81. The van der Waals surface area contributed by atoms with Crippen LogP contribution in [0.15, 0.2) is 73.3 Å². The van der Waals surface area contributed by atoms with Crippen LogP contribution >= 0.6 is 0 Å². The first-order chi connectivity index (χ1) is 14.8. The summed E-state index contributed by atoms with van der Waals surface area (Å²) < 4.78 is 5.63. The third-order valence-electron chi connectivity index (χ3n) is 6.51. The Morgan fingerprint density at radius 2 is 1.50 bits per heavy atom. The molecule has 2 aromatic rings. The van der Waals surface area contributed by atoms with Crippen LogP contribution in [0.3, 0.4) is 0 Å². The lowest BCUT2D eigenvalue weighted by Gasteiger charge is -2.26. The number of hydrogen-bond donors (Lipinski definition) is 0. The molecule has 1 saturated carbocycles. The highest BCUT2D eigenvalue weighted by Gasteiger charge is 2.18. The van der Waals surface area contributed by atoms with Crippen molar-refractivity contribution in [2.24, 2.45) is 11.8 Å². The van der Waals surface area contributed by atoms with Crippen LogP contribution in [0.25, 0.3) is 11.1 Å². The summed E-state index contributed by atoms with van der Waals surface area (Å²) in [7, 11) is 0. The van der Waals surface area contributed by atoms with Gasteiger partial charge >= 0.3 is 0 Å². The molecular formula is C29H38O. The monoisotopic (exact) mass is 402 g/mol. The summed E-state index contributed by atoms with van der Waals surface area (Å²) in [5.41, 5.74) is 5.24. The van der Waals surface area contributed by atoms with Crippen molar-refractivity contribution in [2.75, 3.05) is 6.61 Å². The van der Waals surface area contributed by atoms with Crippen molar-refractivity contribution in [3.8, 4) is 11.1 Å². The number of benzene rings is 2. The molecule has 0 unspecified atom stereocenters. The number of unbranched alkanes of at least 4 members (excludes halogenated alkanes) is 1. The fourth-order valence-corrected chi connectivity index (χ4v) is 4.47. The van der Waals surface area contributed by atoms with Gasteiger partial charge in [-0.2, -0.15) is 0 Å². The molecule has 0 aromatic heterocycles. The molecule has 0 N–H and O–H groups in total. The van der Waals surface area contributed by atoms with Crippen LogP contribution in [-0.4, -0.2) is 6.61 Å². The molecule has 0 radical (unpaired) electrons. The fourth-order valence-electron chi connectivity index (χ4n) is 4.47. The number of rotatable bonds is 11. The van der Waals surface area contributed by atoms with Crippen LogP contribution in [0.1, 0.15) is 63.0 Å². The van der Waals surface area contributed by atoms with Gasteiger partial charge in [-0.15, -0.1) is 6.58 Å². The SMILES string of the molecule is C=C[C@H]1CC[C@H](CCCCc2ccc(-c3ccc(COC/C=C/C)cc3)cc2)CC1. The predicted octanol–water partition coefficient (Wildman–Crippen LogP) is 8.15. The van der Waals surface area contributed by atoms with E-state index in [1.807, 2.05) is 19.1 Å². The molecule has 1 aliphatic rings. The highest BCUT2D eigenvalue weighted by Crippen LogP contribution is 2.32. The summed E-state index contributed by atoms with van der Waals surface area (Å²) >= 11 is 0. The molecule has 1 fully saturated rings. The van der Waals surface area contributed by atoms with Crippen LogP contribution in [0.5, 0.6) is 0 Å². The van der Waals surface area contributed by atoms with Gasteiger partial charge in [-0.3, -0.25) is 0 Å². The smallest absolute Gasteiger partial charge is 0.0721 e. The Morgan fingerprint density at radius 1 is 0.867 bits per heavy atom. The molecule has 30 heavy (non-hydrogen) atoms. The van der Waals surface area contributed by atoms with Crippen LogP contribution in [0.2, 0.25) is 0 Å². The van der Waals surface area contributed by atoms with Crippen LogP contribution in [-0.2, 0) is 17.8 Å². The summed E-state index contributed by atoms with van der Waals surface area (Å²) in [6.07, 6.45) is 17.0. The molecular weight excluding hydrogens is 364 g/mol. The first-order valence-electron chi connectivity index (χ1n) is 11.8. The molecule has 0 amide bonds. The zero-order valence-electron chi connectivity index (χ0n) is 18.7. The quantitative estimate of drug-likeness (QED) is 0.272. The number of hydrogen-bond acceptors (Lipinski definition) is 1. The van der Waals surface area contributed by atoms with Gasteiger partial charge in [0.15, 0.2) is 0 Å². The van der Waals surface area contributed by atoms with Gasteiger partial charge in [0.05, 0.1) is 13.2 Å². The molecule has 1 heteroatoms. The van der Waals surface area contributed by atoms with E-state index in [2.05, 4.69) is 61.2 Å². The van der Waals surface area contributed by atoms with Gasteiger partial charge in [-0.05, 0) is 79.5 Å². The maximum absolute atomic E-state index is 5.63. The van der Waals surface area contributed by atoms with E-state index in [1.54, 1.807) is 0 Å². The van der Waals surface area contributed by atoms with Crippen molar-refractivity contribution < 1.29 is 4.74 Å². The van der Waals surface area contributed by atoms with Gasteiger partial charge < -0.3 is 4.74 Å². The topological polar surface area (TPSA) is 9.23 Å². The summed E-state index contributed by atoms with van der Waals surface area (Å²) in [6.45, 7) is 7.31. The van der Waals surface area contributed by atoms with E-state index in [1.165, 1.54) is 73.6 Å².